The third-order valence-electron chi connectivity index (χ3n) is 7.99. The second-order valence-electron chi connectivity index (χ2n) is 10.7. The Morgan fingerprint density at radius 2 is 1.82 bits per heavy atom. The molecule has 0 unspecified atom stereocenters. The molecular weight excluding hydrogens is 524 g/mol. The lowest BCUT2D eigenvalue weighted by atomic mass is 10.0. The molecule has 1 aromatic carbocycles. The van der Waals surface area contributed by atoms with Crippen molar-refractivity contribution in [3.8, 4) is 22.6 Å². The topological polar surface area (TPSA) is 104 Å². The summed E-state index contributed by atoms with van der Waals surface area (Å²) in [4.78, 5) is 22.4. The van der Waals surface area contributed by atoms with E-state index in [2.05, 4.69) is 26.7 Å². The van der Waals surface area contributed by atoms with Crippen molar-refractivity contribution in [2.45, 2.75) is 50.3 Å². The van der Waals surface area contributed by atoms with Crippen LogP contribution in [0.1, 0.15) is 32.8 Å². The van der Waals surface area contributed by atoms with E-state index in [0.717, 1.165) is 53.2 Å². The van der Waals surface area contributed by atoms with Crippen molar-refractivity contribution in [3.05, 3.63) is 54.4 Å². The Morgan fingerprint density at radius 3 is 2.60 bits per heavy atom. The van der Waals surface area contributed by atoms with Crippen LogP contribution in [-0.2, 0) is 14.6 Å². The molecule has 5 heterocycles. The molecule has 0 spiro atoms. The number of hydrogen-bond donors (Lipinski definition) is 1. The number of aromatic amines is 1. The number of H-pyrrole nitrogens is 1. The number of pyridine rings is 1. The number of nitrogens with zero attached hydrogens (tertiary/aromatic N) is 5. The number of hydrogen-bond acceptors (Lipinski definition) is 8. The third-order valence-corrected chi connectivity index (χ3v) is 10.3. The van der Waals surface area contributed by atoms with Crippen LogP contribution >= 0.6 is 0 Å². The summed E-state index contributed by atoms with van der Waals surface area (Å²) in [5.41, 5.74) is 4.11. The van der Waals surface area contributed by atoms with Gasteiger partial charge in [0.1, 0.15) is 11.5 Å². The van der Waals surface area contributed by atoms with Crippen molar-refractivity contribution in [3.63, 3.8) is 0 Å². The van der Waals surface area contributed by atoms with Gasteiger partial charge in [-0.2, -0.15) is 0 Å². The number of likely N-dealkylation sites (tertiary alicyclic amines) is 1. The first-order chi connectivity index (χ1) is 18.8. The maximum atomic E-state index is 13.7. The minimum Gasteiger partial charge on any atom is -0.377 e. The Hall–Kier alpha value is -3.34. The normalized spacial score (nSPS) is 19.1. The molecule has 1 atom stereocenters. The number of piperidine rings is 1. The Balaban J connectivity index is 0.00000323. The average Bonchev–Trinajstić information content (AvgIpc) is 3.43. The number of nitrogens with one attached hydrogen (secondary N) is 1. The molecular formula is C30H38N6O3S. The first kappa shape index (κ1) is 28.2. The van der Waals surface area contributed by atoms with Gasteiger partial charge in [-0.1, -0.05) is 13.5 Å². The predicted octanol–water partition coefficient (Wildman–Crippen LogP) is 4.72. The van der Waals surface area contributed by atoms with E-state index in [9.17, 15) is 8.42 Å². The Bertz CT molecular complexity index is 1610. The van der Waals surface area contributed by atoms with Gasteiger partial charge in [-0.3, -0.25) is 0 Å². The van der Waals surface area contributed by atoms with Crippen molar-refractivity contribution >= 4 is 26.7 Å². The first-order valence-electron chi connectivity index (χ1n) is 13.5. The number of aryl methyl sites for hydroxylation is 1. The summed E-state index contributed by atoms with van der Waals surface area (Å²) < 4.78 is 33.0. The second kappa shape index (κ2) is 11.3. The zero-order chi connectivity index (χ0) is 27.1. The van der Waals surface area contributed by atoms with Crippen LogP contribution in [0.5, 0.6) is 0 Å². The van der Waals surface area contributed by atoms with E-state index in [-0.39, 0.29) is 18.7 Å². The number of aromatic nitrogens is 4. The SMILES string of the molecule is C.Cc1ccc(S(=O)(=O)C2CCN(C)CC2)cc1-c1cc(N2CCOC[C@H]2C)nc(-c2ccnc3[nH]ccc23)n1. The van der Waals surface area contributed by atoms with Crippen LogP contribution in [0.15, 0.2) is 53.7 Å². The Kier molecular flexibility index (Phi) is 7.94. The van der Waals surface area contributed by atoms with Crippen LogP contribution in [0.3, 0.4) is 0 Å². The lowest BCUT2D eigenvalue weighted by molar-refractivity contribution is 0.0985. The highest BCUT2D eigenvalue weighted by Gasteiger charge is 2.31. The van der Waals surface area contributed by atoms with Crippen molar-refractivity contribution in [1.82, 2.24) is 24.8 Å². The summed E-state index contributed by atoms with van der Waals surface area (Å²) in [5, 5.41) is 0.569. The van der Waals surface area contributed by atoms with Gasteiger partial charge in [0.05, 0.1) is 35.1 Å². The molecule has 0 saturated carbocycles. The molecule has 1 N–H and O–H groups in total. The fourth-order valence-electron chi connectivity index (χ4n) is 5.61. The molecule has 40 heavy (non-hydrogen) atoms. The quantitative estimate of drug-likeness (QED) is 0.373. The summed E-state index contributed by atoms with van der Waals surface area (Å²) in [6.45, 7) is 7.66. The smallest absolute Gasteiger partial charge is 0.181 e. The van der Waals surface area contributed by atoms with Crippen LogP contribution in [0.25, 0.3) is 33.7 Å². The minimum atomic E-state index is -3.47. The number of morpholine rings is 1. The molecule has 2 fully saturated rings. The van der Waals surface area contributed by atoms with Gasteiger partial charge >= 0.3 is 0 Å². The van der Waals surface area contributed by atoms with Crippen LogP contribution in [-0.4, -0.2) is 84.4 Å². The first-order valence-corrected chi connectivity index (χ1v) is 15.1. The zero-order valence-electron chi connectivity index (χ0n) is 22.6. The highest BCUT2D eigenvalue weighted by molar-refractivity contribution is 7.92. The van der Waals surface area contributed by atoms with Crippen molar-refractivity contribution in [1.29, 1.82) is 0 Å². The van der Waals surface area contributed by atoms with Crippen molar-refractivity contribution in [2.75, 3.05) is 44.8 Å². The standard InChI is InChI=1S/C29H34N6O3S.CH4/c1-19-4-5-22(39(36,37)21-8-12-34(3)13-9-21)16-25(19)26-17-27(35-14-15-38-18-20(35)2)33-29(32-26)24-7-11-31-28-23(24)6-10-30-28;/h4-7,10-11,16-17,20-21H,8-9,12-15,18H2,1-3H3,(H,30,31);1H4/t20-;/m1./s1. The molecule has 10 heteroatoms. The summed E-state index contributed by atoms with van der Waals surface area (Å²) in [6.07, 6.45) is 4.90. The molecule has 0 amide bonds. The number of sulfone groups is 1. The lowest BCUT2D eigenvalue weighted by Gasteiger charge is -2.34. The van der Waals surface area contributed by atoms with Crippen LogP contribution in [0.4, 0.5) is 5.82 Å². The summed E-state index contributed by atoms with van der Waals surface area (Å²) in [7, 11) is -1.43. The molecule has 4 aromatic rings. The number of fused-ring (bicyclic) bond motifs is 1. The molecule has 2 aliphatic rings. The van der Waals surface area contributed by atoms with E-state index in [1.54, 1.807) is 18.3 Å². The lowest BCUT2D eigenvalue weighted by Crippen LogP contribution is -2.44. The van der Waals surface area contributed by atoms with Crippen molar-refractivity contribution in [2.24, 2.45) is 0 Å². The van der Waals surface area contributed by atoms with E-state index in [4.69, 9.17) is 14.7 Å². The molecule has 0 aliphatic carbocycles. The van der Waals surface area contributed by atoms with Gasteiger partial charge < -0.3 is 19.5 Å². The summed E-state index contributed by atoms with van der Waals surface area (Å²) in [5.74, 6) is 1.38. The number of rotatable bonds is 5. The third kappa shape index (κ3) is 5.23. The van der Waals surface area contributed by atoms with E-state index >= 15 is 0 Å². The van der Waals surface area contributed by atoms with Crippen molar-refractivity contribution < 1.29 is 13.2 Å². The molecule has 3 aromatic heterocycles. The molecule has 0 radical (unpaired) electrons. The van der Waals surface area contributed by atoms with Gasteiger partial charge in [0.2, 0.25) is 0 Å². The number of ether oxygens (including phenoxy) is 1. The Morgan fingerprint density at radius 1 is 1.02 bits per heavy atom. The van der Waals surface area contributed by atoms with E-state index in [1.807, 2.05) is 44.4 Å². The molecule has 2 saturated heterocycles. The highest BCUT2D eigenvalue weighted by Crippen LogP contribution is 2.34. The van der Waals surface area contributed by atoms with Gasteiger partial charge in [-0.05, 0) is 76.7 Å². The van der Waals surface area contributed by atoms with E-state index in [1.165, 1.54) is 0 Å². The number of benzene rings is 1. The maximum Gasteiger partial charge on any atom is 0.181 e. The Labute approximate surface area is 236 Å². The summed E-state index contributed by atoms with van der Waals surface area (Å²) in [6, 6.07) is 11.5. The minimum absolute atomic E-state index is 0. The van der Waals surface area contributed by atoms with Gasteiger partial charge in [-0.25, -0.2) is 23.4 Å². The molecule has 0 bridgehead atoms. The molecule has 9 nitrogen and oxygen atoms in total. The molecule has 6 rings (SSSR count). The monoisotopic (exact) mass is 562 g/mol. The van der Waals surface area contributed by atoms with Crippen LogP contribution < -0.4 is 4.90 Å². The van der Waals surface area contributed by atoms with Crippen LogP contribution in [0.2, 0.25) is 0 Å². The van der Waals surface area contributed by atoms with Gasteiger partial charge in [0, 0.05) is 41.5 Å². The largest absolute Gasteiger partial charge is 0.377 e. The average molecular weight is 563 g/mol. The van der Waals surface area contributed by atoms with Crippen LogP contribution in [0, 0.1) is 6.92 Å². The van der Waals surface area contributed by atoms with Gasteiger partial charge in [0.15, 0.2) is 15.7 Å². The fourth-order valence-corrected chi connectivity index (χ4v) is 7.36. The maximum absolute atomic E-state index is 13.7. The predicted molar refractivity (Wildman–Crippen MR) is 159 cm³/mol. The van der Waals surface area contributed by atoms with Gasteiger partial charge in [0.25, 0.3) is 0 Å². The highest BCUT2D eigenvalue weighted by atomic mass is 32.2. The van der Waals surface area contributed by atoms with E-state index in [0.29, 0.717) is 42.5 Å². The molecule has 212 valence electrons. The number of anilines is 1. The van der Waals surface area contributed by atoms with E-state index < -0.39 is 9.84 Å². The summed E-state index contributed by atoms with van der Waals surface area (Å²) >= 11 is 0. The molecule has 2 aliphatic heterocycles. The second-order valence-corrected chi connectivity index (χ2v) is 12.9. The fraction of sp³-hybridized carbons (Fsp3) is 0.433. The zero-order valence-corrected chi connectivity index (χ0v) is 23.4. The van der Waals surface area contributed by atoms with Gasteiger partial charge in [-0.15, -0.1) is 0 Å².